The van der Waals surface area contributed by atoms with Crippen LogP contribution in [0, 0.1) is 0 Å². The summed E-state index contributed by atoms with van der Waals surface area (Å²) in [5.74, 6) is -6.42. The van der Waals surface area contributed by atoms with E-state index in [1.165, 1.54) is 12.1 Å². The minimum Gasteiger partial charge on any atom is -0.480 e. The summed E-state index contributed by atoms with van der Waals surface area (Å²) in [7, 11) is 0. The average molecular weight is 908 g/mol. The smallest absolute Gasteiger partial charge is 0.416 e. The summed E-state index contributed by atoms with van der Waals surface area (Å²) in [5.41, 5.74) is 2.22. The molecule has 8 rings (SSSR count). The number of esters is 1. The van der Waals surface area contributed by atoms with Crippen molar-refractivity contribution in [3.63, 3.8) is 0 Å². The number of ether oxygens (including phenoxy) is 5. The van der Waals surface area contributed by atoms with Gasteiger partial charge in [0, 0.05) is 16.1 Å². The standard InChI is InChI=1S/C26H23F3O4.C25H22ClNO5/c1-2-31-23(30)25(21-13-15-22(16-14-21)26(27,28)29)32-17-24(18-33-25,19-9-5-3-6-10-19)20-11-7-4-8-12-20;26-21-13-11-20(12-14-21)25(23(30)27-15-22(28)29)31-16-24(17-32-25,18-7-3-1-4-8-18)19-9-5-2-6-10-19/h3-16H,2,17-18H2,1H3;1-14H,15-17H2,(H,27,30)(H,28,29). The zero-order valence-electron chi connectivity index (χ0n) is 35.1. The minimum absolute atomic E-state index is 0.0564. The maximum Gasteiger partial charge on any atom is 0.416 e. The number of amides is 1. The summed E-state index contributed by atoms with van der Waals surface area (Å²) in [6, 6.07) is 49.6. The largest absolute Gasteiger partial charge is 0.480 e. The number of alkyl halides is 3. The number of carboxylic acids is 1. The molecule has 0 saturated carbocycles. The van der Waals surface area contributed by atoms with Crippen molar-refractivity contribution in [2.75, 3.05) is 39.6 Å². The third-order valence-corrected chi connectivity index (χ3v) is 11.7. The van der Waals surface area contributed by atoms with E-state index in [-0.39, 0.29) is 38.6 Å². The van der Waals surface area contributed by atoms with Crippen LogP contribution in [0.1, 0.15) is 45.9 Å². The third-order valence-electron chi connectivity index (χ3n) is 11.5. The molecule has 2 aliphatic rings. The SMILES string of the molecule is CCOC(=O)C1(c2ccc(C(F)(F)F)cc2)OCC(c2ccccc2)(c2ccccc2)CO1.O=C(O)CNC(=O)C1(c2ccc(Cl)cc2)OCC(c2ccccc2)(c2ccccc2)CO1. The van der Waals surface area contributed by atoms with E-state index in [9.17, 15) is 27.6 Å². The topological polar surface area (TPSA) is 130 Å². The quantitative estimate of drug-likeness (QED) is 0.122. The first-order chi connectivity index (χ1) is 31.3. The van der Waals surface area contributed by atoms with Gasteiger partial charge < -0.3 is 34.1 Å². The second kappa shape index (κ2) is 19.8. The number of aliphatic carboxylic acids is 1. The summed E-state index contributed by atoms with van der Waals surface area (Å²) in [6.45, 7) is 1.55. The van der Waals surface area contributed by atoms with Crippen molar-refractivity contribution in [3.05, 3.63) is 214 Å². The lowest BCUT2D eigenvalue weighted by atomic mass is 9.75. The fraction of sp³-hybridized carbons (Fsp3) is 0.235. The Labute approximate surface area is 378 Å². The van der Waals surface area contributed by atoms with E-state index in [4.69, 9.17) is 40.4 Å². The van der Waals surface area contributed by atoms with Gasteiger partial charge in [0.1, 0.15) is 6.54 Å². The summed E-state index contributed by atoms with van der Waals surface area (Å²) < 4.78 is 69.1. The molecule has 0 bridgehead atoms. The third kappa shape index (κ3) is 9.70. The lowest BCUT2D eigenvalue weighted by molar-refractivity contribution is -0.290. The van der Waals surface area contributed by atoms with Gasteiger partial charge in [-0.15, -0.1) is 0 Å². The van der Waals surface area contributed by atoms with Crippen LogP contribution in [0.4, 0.5) is 13.2 Å². The molecular weight excluding hydrogens is 863 g/mol. The molecule has 6 aromatic rings. The number of nitrogens with one attached hydrogen (secondary N) is 1. The molecule has 65 heavy (non-hydrogen) atoms. The number of carbonyl (C=O) groups is 3. The highest BCUT2D eigenvalue weighted by molar-refractivity contribution is 6.30. The molecule has 2 heterocycles. The fourth-order valence-corrected chi connectivity index (χ4v) is 8.10. The van der Waals surface area contributed by atoms with Crippen LogP contribution < -0.4 is 5.32 Å². The molecule has 0 spiro atoms. The van der Waals surface area contributed by atoms with Crippen LogP contribution in [0.25, 0.3) is 0 Å². The first kappa shape index (κ1) is 46.6. The molecule has 0 radical (unpaired) electrons. The van der Waals surface area contributed by atoms with E-state index >= 15 is 0 Å². The predicted molar refractivity (Wildman–Crippen MR) is 235 cm³/mol. The van der Waals surface area contributed by atoms with Gasteiger partial charge in [-0.25, -0.2) is 4.79 Å². The van der Waals surface area contributed by atoms with E-state index in [0.29, 0.717) is 10.6 Å². The summed E-state index contributed by atoms with van der Waals surface area (Å²) in [4.78, 5) is 37.2. The van der Waals surface area contributed by atoms with Gasteiger partial charge in [0.2, 0.25) is 0 Å². The molecule has 6 aromatic carbocycles. The van der Waals surface area contributed by atoms with Gasteiger partial charge in [-0.1, -0.05) is 157 Å². The molecule has 10 nitrogen and oxygen atoms in total. The van der Waals surface area contributed by atoms with Crippen molar-refractivity contribution in [1.29, 1.82) is 0 Å². The van der Waals surface area contributed by atoms with Gasteiger partial charge in [-0.05, 0) is 53.4 Å². The van der Waals surface area contributed by atoms with Crippen LogP contribution in [-0.2, 0) is 66.6 Å². The molecule has 2 aliphatic heterocycles. The van der Waals surface area contributed by atoms with Crippen LogP contribution in [0.5, 0.6) is 0 Å². The van der Waals surface area contributed by atoms with Crippen LogP contribution in [0.15, 0.2) is 170 Å². The van der Waals surface area contributed by atoms with Crippen molar-refractivity contribution in [3.8, 4) is 0 Å². The lowest BCUT2D eigenvalue weighted by Crippen LogP contribution is -2.57. The molecule has 1 amide bonds. The summed E-state index contributed by atoms with van der Waals surface area (Å²) in [6.07, 6.45) is -4.50. The number of halogens is 4. The molecule has 2 fully saturated rings. The highest BCUT2D eigenvalue weighted by Crippen LogP contribution is 2.45. The van der Waals surface area contributed by atoms with Crippen molar-refractivity contribution < 1.29 is 56.3 Å². The Bertz CT molecular complexity index is 2430. The number of hydrogen-bond acceptors (Lipinski definition) is 8. The van der Waals surface area contributed by atoms with Gasteiger partial charge in [-0.3, -0.25) is 9.59 Å². The first-order valence-corrected chi connectivity index (χ1v) is 21.0. The molecule has 0 atom stereocenters. The van der Waals surface area contributed by atoms with E-state index in [2.05, 4.69) is 5.32 Å². The molecule has 2 N–H and O–H groups in total. The summed E-state index contributed by atoms with van der Waals surface area (Å²) >= 11 is 6.02. The molecule has 2 saturated heterocycles. The van der Waals surface area contributed by atoms with Crippen LogP contribution in [0.3, 0.4) is 0 Å². The predicted octanol–water partition coefficient (Wildman–Crippen LogP) is 9.18. The van der Waals surface area contributed by atoms with Gasteiger partial charge in [0.15, 0.2) is 0 Å². The van der Waals surface area contributed by atoms with Crippen molar-refractivity contribution in [1.82, 2.24) is 5.32 Å². The van der Waals surface area contributed by atoms with Gasteiger partial charge >= 0.3 is 18.1 Å². The fourth-order valence-electron chi connectivity index (χ4n) is 7.97. The number of carboxylic acid groups (broad SMARTS) is 1. The molecular formula is C51H45ClF3NO9. The maximum atomic E-state index is 13.1. The Kier molecular flexibility index (Phi) is 14.2. The minimum atomic E-state index is -4.50. The second-order valence-electron chi connectivity index (χ2n) is 15.4. The number of rotatable bonds is 11. The molecule has 14 heteroatoms. The highest BCUT2D eigenvalue weighted by atomic mass is 35.5. The van der Waals surface area contributed by atoms with E-state index in [0.717, 1.165) is 34.4 Å². The van der Waals surface area contributed by atoms with E-state index < -0.39 is 58.5 Å². The Hall–Kier alpha value is -6.35. The van der Waals surface area contributed by atoms with Gasteiger partial charge in [0.25, 0.3) is 17.5 Å². The molecule has 336 valence electrons. The van der Waals surface area contributed by atoms with Crippen LogP contribution in [0.2, 0.25) is 5.02 Å². The zero-order valence-corrected chi connectivity index (χ0v) is 35.9. The Morgan fingerprint density at radius 2 is 0.923 bits per heavy atom. The Morgan fingerprint density at radius 1 is 0.569 bits per heavy atom. The first-order valence-electron chi connectivity index (χ1n) is 20.7. The Balaban J connectivity index is 0.000000194. The van der Waals surface area contributed by atoms with E-state index in [1.54, 1.807) is 31.2 Å². The van der Waals surface area contributed by atoms with Crippen molar-refractivity contribution in [2.24, 2.45) is 0 Å². The van der Waals surface area contributed by atoms with Gasteiger partial charge in [-0.2, -0.15) is 13.2 Å². The zero-order chi connectivity index (χ0) is 46.1. The highest BCUT2D eigenvalue weighted by Gasteiger charge is 2.54. The normalized spacial score (nSPS) is 17.1. The summed E-state index contributed by atoms with van der Waals surface area (Å²) in [5, 5.41) is 11.9. The number of hydrogen-bond donors (Lipinski definition) is 2. The number of carbonyl (C=O) groups excluding carboxylic acids is 2. The molecule has 0 aliphatic carbocycles. The lowest BCUT2D eigenvalue weighted by Gasteiger charge is -2.46. The van der Waals surface area contributed by atoms with Gasteiger partial charge in [0.05, 0.1) is 49.4 Å². The van der Waals surface area contributed by atoms with Crippen molar-refractivity contribution in [2.45, 2.75) is 35.5 Å². The average Bonchev–Trinajstić information content (AvgIpc) is 3.34. The Morgan fingerprint density at radius 3 is 1.28 bits per heavy atom. The van der Waals surface area contributed by atoms with Crippen LogP contribution >= 0.6 is 11.6 Å². The van der Waals surface area contributed by atoms with Crippen LogP contribution in [-0.4, -0.2) is 62.5 Å². The van der Waals surface area contributed by atoms with Crippen molar-refractivity contribution >= 4 is 29.4 Å². The molecule has 0 aromatic heterocycles. The monoisotopic (exact) mass is 907 g/mol. The van der Waals surface area contributed by atoms with E-state index in [1.807, 2.05) is 121 Å². The number of benzene rings is 6. The second-order valence-corrected chi connectivity index (χ2v) is 15.8. The maximum absolute atomic E-state index is 13.1. The molecule has 0 unspecified atom stereocenters.